The van der Waals surface area contributed by atoms with E-state index in [2.05, 4.69) is 5.32 Å². The van der Waals surface area contributed by atoms with Gasteiger partial charge in [0.05, 0.1) is 0 Å². The van der Waals surface area contributed by atoms with E-state index < -0.39 is 6.43 Å². The molecule has 3 nitrogen and oxygen atoms in total. The molecule has 0 saturated heterocycles. The number of hydrogen-bond donors (Lipinski definition) is 2. The lowest BCUT2D eigenvalue weighted by Gasteiger charge is -2.12. The highest BCUT2D eigenvalue weighted by Crippen LogP contribution is 2.19. The zero-order valence-corrected chi connectivity index (χ0v) is 9.62. The number of carbonyl (C=O) groups is 1. The minimum absolute atomic E-state index is 0.00635. The Bertz CT molecular complexity index is 383. The van der Waals surface area contributed by atoms with E-state index in [-0.39, 0.29) is 23.9 Å². The molecule has 3 N–H and O–H groups in total. The fourth-order valence-corrected chi connectivity index (χ4v) is 1.50. The van der Waals surface area contributed by atoms with E-state index in [0.29, 0.717) is 6.54 Å². The van der Waals surface area contributed by atoms with Gasteiger partial charge in [-0.25, -0.2) is 8.78 Å². The Kier molecular flexibility index (Phi) is 5.03. The van der Waals surface area contributed by atoms with Crippen LogP contribution in [-0.2, 0) is 11.3 Å². The second kappa shape index (κ2) is 6.30. The minimum Gasteiger partial charge on any atom is -0.370 e. The number of alkyl halides is 2. The van der Waals surface area contributed by atoms with Gasteiger partial charge in [-0.05, 0) is 18.6 Å². The monoisotopic (exact) mass is 242 g/mol. The van der Waals surface area contributed by atoms with Crippen LogP contribution in [0.15, 0.2) is 24.3 Å². The zero-order valence-electron chi connectivity index (χ0n) is 9.62. The summed E-state index contributed by atoms with van der Waals surface area (Å²) in [5.41, 5.74) is 5.82. The van der Waals surface area contributed by atoms with Crippen LogP contribution in [-0.4, -0.2) is 11.9 Å². The van der Waals surface area contributed by atoms with E-state index in [9.17, 15) is 13.6 Å². The third-order valence-corrected chi connectivity index (χ3v) is 2.37. The minimum atomic E-state index is -2.46. The van der Waals surface area contributed by atoms with Gasteiger partial charge >= 0.3 is 0 Å². The molecular weight excluding hydrogens is 226 g/mol. The van der Waals surface area contributed by atoms with Gasteiger partial charge in [-0.2, -0.15) is 0 Å². The van der Waals surface area contributed by atoms with E-state index in [0.717, 1.165) is 5.56 Å². The van der Waals surface area contributed by atoms with Crippen molar-refractivity contribution in [3.05, 3.63) is 35.4 Å². The average Bonchev–Trinajstić information content (AvgIpc) is 2.26. The van der Waals surface area contributed by atoms with Crippen molar-refractivity contribution in [2.24, 2.45) is 5.73 Å². The molecule has 0 fully saturated rings. The summed E-state index contributed by atoms with van der Waals surface area (Å²) in [7, 11) is 0. The van der Waals surface area contributed by atoms with Gasteiger partial charge in [0.2, 0.25) is 5.91 Å². The highest BCUT2D eigenvalue weighted by Gasteiger charge is 2.08. The first-order valence-corrected chi connectivity index (χ1v) is 5.37. The Morgan fingerprint density at radius 1 is 1.47 bits per heavy atom. The topological polar surface area (TPSA) is 55.1 Å². The molecule has 5 heteroatoms. The molecule has 1 amide bonds. The molecule has 1 unspecified atom stereocenters. The first kappa shape index (κ1) is 13.6. The molecular formula is C12H16F2N2O. The van der Waals surface area contributed by atoms with Crippen LogP contribution in [0.5, 0.6) is 0 Å². The van der Waals surface area contributed by atoms with Gasteiger partial charge in [0.15, 0.2) is 0 Å². The molecule has 1 aromatic carbocycles. The predicted octanol–water partition coefficient (Wildman–Crippen LogP) is 1.98. The number of nitrogens with one attached hydrogen (secondary N) is 1. The Hall–Kier alpha value is -1.49. The highest BCUT2D eigenvalue weighted by atomic mass is 19.3. The number of rotatable bonds is 6. The normalized spacial score (nSPS) is 12.7. The molecule has 0 aliphatic rings. The van der Waals surface area contributed by atoms with E-state index in [4.69, 9.17) is 5.73 Å². The zero-order chi connectivity index (χ0) is 12.8. The van der Waals surface area contributed by atoms with Gasteiger partial charge in [0, 0.05) is 24.6 Å². The predicted molar refractivity (Wildman–Crippen MR) is 61.5 cm³/mol. The second-order valence-corrected chi connectivity index (χ2v) is 4.00. The summed E-state index contributed by atoms with van der Waals surface area (Å²) in [6.07, 6.45) is -2.23. The van der Waals surface area contributed by atoms with Crippen molar-refractivity contribution in [3.8, 4) is 0 Å². The Morgan fingerprint density at radius 3 is 2.76 bits per heavy atom. The van der Waals surface area contributed by atoms with Crippen LogP contribution in [0.4, 0.5) is 8.78 Å². The lowest BCUT2D eigenvalue weighted by Crippen LogP contribution is -2.30. The molecule has 0 aliphatic heterocycles. The van der Waals surface area contributed by atoms with Gasteiger partial charge in [-0.1, -0.05) is 18.2 Å². The van der Waals surface area contributed by atoms with E-state index in [1.54, 1.807) is 12.1 Å². The Balaban J connectivity index is 2.51. The SMILES string of the molecule is CC(CC(N)=O)NCc1cccc(C(F)F)c1. The average molecular weight is 242 g/mol. The third-order valence-electron chi connectivity index (χ3n) is 2.37. The number of amides is 1. The molecule has 1 aromatic rings. The smallest absolute Gasteiger partial charge is 0.263 e. The molecule has 17 heavy (non-hydrogen) atoms. The maximum absolute atomic E-state index is 12.4. The third kappa shape index (κ3) is 4.91. The van der Waals surface area contributed by atoms with Gasteiger partial charge in [0.1, 0.15) is 0 Å². The van der Waals surface area contributed by atoms with Gasteiger partial charge < -0.3 is 11.1 Å². The Labute approximate surface area is 99.0 Å². The fraction of sp³-hybridized carbons (Fsp3) is 0.417. The van der Waals surface area contributed by atoms with Crippen LogP contribution in [0.1, 0.15) is 30.9 Å². The molecule has 0 bridgehead atoms. The standard InChI is InChI=1S/C12H16F2N2O/c1-8(5-11(15)17)16-7-9-3-2-4-10(6-9)12(13)14/h2-4,6,8,12,16H,5,7H2,1H3,(H2,15,17). The second-order valence-electron chi connectivity index (χ2n) is 4.00. The summed E-state index contributed by atoms with van der Waals surface area (Å²) in [6, 6.07) is 6.13. The quantitative estimate of drug-likeness (QED) is 0.801. The van der Waals surface area contributed by atoms with Gasteiger partial charge in [-0.15, -0.1) is 0 Å². The van der Waals surface area contributed by atoms with E-state index >= 15 is 0 Å². The summed E-state index contributed by atoms with van der Waals surface area (Å²) in [5, 5.41) is 3.05. The van der Waals surface area contributed by atoms with Crippen molar-refractivity contribution in [1.29, 1.82) is 0 Å². The van der Waals surface area contributed by atoms with E-state index in [1.807, 2.05) is 6.92 Å². The van der Waals surface area contributed by atoms with Crippen molar-refractivity contribution in [2.45, 2.75) is 32.4 Å². The molecule has 0 radical (unpaired) electrons. The Morgan fingerprint density at radius 2 is 2.18 bits per heavy atom. The first-order valence-electron chi connectivity index (χ1n) is 5.37. The van der Waals surface area contributed by atoms with Crippen LogP contribution in [0.3, 0.4) is 0 Å². The number of primary amides is 1. The van der Waals surface area contributed by atoms with Gasteiger partial charge in [0.25, 0.3) is 6.43 Å². The first-order chi connectivity index (χ1) is 7.99. The molecule has 0 spiro atoms. The molecule has 1 rings (SSSR count). The lowest BCUT2D eigenvalue weighted by molar-refractivity contribution is -0.118. The van der Waals surface area contributed by atoms with Crippen LogP contribution >= 0.6 is 0 Å². The number of benzene rings is 1. The van der Waals surface area contributed by atoms with Crippen molar-refractivity contribution < 1.29 is 13.6 Å². The molecule has 0 saturated carbocycles. The van der Waals surface area contributed by atoms with Gasteiger partial charge in [-0.3, -0.25) is 4.79 Å². The molecule has 94 valence electrons. The molecule has 0 aromatic heterocycles. The largest absolute Gasteiger partial charge is 0.370 e. The molecule has 1 atom stereocenters. The van der Waals surface area contributed by atoms with Crippen LogP contribution in [0.2, 0.25) is 0 Å². The lowest BCUT2D eigenvalue weighted by atomic mass is 10.1. The summed E-state index contributed by atoms with van der Waals surface area (Å²) in [5.74, 6) is -0.383. The van der Waals surface area contributed by atoms with E-state index in [1.165, 1.54) is 12.1 Å². The van der Waals surface area contributed by atoms with Crippen LogP contribution in [0.25, 0.3) is 0 Å². The van der Waals surface area contributed by atoms with Crippen molar-refractivity contribution in [1.82, 2.24) is 5.32 Å². The number of carbonyl (C=O) groups excluding carboxylic acids is 1. The summed E-state index contributed by atoms with van der Waals surface area (Å²) < 4.78 is 24.9. The highest BCUT2D eigenvalue weighted by molar-refractivity contribution is 5.74. The summed E-state index contributed by atoms with van der Waals surface area (Å²) >= 11 is 0. The summed E-state index contributed by atoms with van der Waals surface area (Å²) in [4.78, 5) is 10.6. The maximum atomic E-state index is 12.4. The van der Waals surface area contributed by atoms with Crippen molar-refractivity contribution in [3.63, 3.8) is 0 Å². The number of halogens is 2. The molecule has 0 heterocycles. The summed E-state index contributed by atoms with van der Waals surface area (Å²) in [6.45, 7) is 2.26. The van der Waals surface area contributed by atoms with Crippen molar-refractivity contribution in [2.75, 3.05) is 0 Å². The number of hydrogen-bond acceptors (Lipinski definition) is 2. The number of nitrogens with two attached hydrogens (primary N) is 1. The maximum Gasteiger partial charge on any atom is 0.263 e. The molecule has 0 aliphatic carbocycles. The van der Waals surface area contributed by atoms with Crippen LogP contribution < -0.4 is 11.1 Å². The van der Waals surface area contributed by atoms with Crippen LogP contribution in [0, 0.1) is 0 Å². The van der Waals surface area contributed by atoms with Crippen molar-refractivity contribution >= 4 is 5.91 Å². The fourth-order valence-electron chi connectivity index (χ4n) is 1.50.